The van der Waals surface area contributed by atoms with Crippen LogP contribution < -0.4 is 10.2 Å². The Balaban J connectivity index is 2.02. The van der Waals surface area contributed by atoms with Gasteiger partial charge in [-0.3, -0.25) is 9.78 Å². The van der Waals surface area contributed by atoms with Crippen molar-refractivity contribution in [2.45, 2.75) is 6.92 Å². The predicted molar refractivity (Wildman–Crippen MR) is 76.9 cm³/mol. The number of hydrogen-bond acceptors (Lipinski definition) is 4. The number of rotatable bonds is 5. The van der Waals surface area contributed by atoms with E-state index in [4.69, 9.17) is 4.74 Å². The lowest BCUT2D eigenvalue weighted by molar-refractivity contribution is 0.0950. The molecule has 1 aromatic carbocycles. The zero-order chi connectivity index (χ0) is 14.2. The molecule has 0 aliphatic rings. The molecule has 0 aliphatic heterocycles. The SMILES string of the molecule is CCOc1ccccc1/C=N\NC(=O)c1ccccn1. The maximum atomic E-state index is 11.7. The minimum atomic E-state index is -0.351. The second-order valence-electron chi connectivity index (χ2n) is 3.88. The first-order chi connectivity index (χ1) is 9.81. The molecule has 5 heteroatoms. The van der Waals surface area contributed by atoms with Crippen LogP contribution in [0.15, 0.2) is 53.8 Å². The number of hydrazone groups is 1. The van der Waals surface area contributed by atoms with Crippen molar-refractivity contribution in [1.82, 2.24) is 10.4 Å². The first-order valence-corrected chi connectivity index (χ1v) is 6.27. The largest absolute Gasteiger partial charge is 0.493 e. The number of carbonyl (C=O) groups excluding carboxylic acids is 1. The monoisotopic (exact) mass is 269 g/mol. The Morgan fingerprint density at radius 2 is 2.10 bits per heavy atom. The topological polar surface area (TPSA) is 63.6 Å². The number of benzene rings is 1. The van der Waals surface area contributed by atoms with E-state index in [0.29, 0.717) is 12.3 Å². The second-order valence-corrected chi connectivity index (χ2v) is 3.88. The molecule has 0 radical (unpaired) electrons. The smallest absolute Gasteiger partial charge is 0.289 e. The van der Waals surface area contributed by atoms with Gasteiger partial charge in [-0.25, -0.2) is 5.43 Å². The quantitative estimate of drug-likeness (QED) is 0.669. The molecule has 0 saturated heterocycles. The fraction of sp³-hybridized carbons (Fsp3) is 0.133. The molecule has 0 saturated carbocycles. The summed E-state index contributed by atoms with van der Waals surface area (Å²) < 4.78 is 5.46. The Hall–Kier alpha value is -2.69. The molecule has 0 spiro atoms. The Bertz CT molecular complexity index is 597. The Morgan fingerprint density at radius 3 is 2.85 bits per heavy atom. The molecule has 0 atom stereocenters. The van der Waals surface area contributed by atoms with E-state index in [9.17, 15) is 4.79 Å². The minimum absolute atomic E-state index is 0.322. The van der Waals surface area contributed by atoms with Gasteiger partial charge in [0.15, 0.2) is 0 Å². The summed E-state index contributed by atoms with van der Waals surface area (Å²) >= 11 is 0. The van der Waals surface area contributed by atoms with E-state index in [1.165, 1.54) is 0 Å². The highest BCUT2D eigenvalue weighted by Crippen LogP contribution is 2.15. The lowest BCUT2D eigenvalue weighted by atomic mass is 10.2. The summed E-state index contributed by atoms with van der Waals surface area (Å²) in [6.45, 7) is 2.49. The summed E-state index contributed by atoms with van der Waals surface area (Å²) in [6, 6.07) is 12.6. The third-order valence-electron chi connectivity index (χ3n) is 2.49. The zero-order valence-electron chi connectivity index (χ0n) is 11.1. The van der Waals surface area contributed by atoms with Crippen LogP contribution in [0.25, 0.3) is 0 Å². The van der Waals surface area contributed by atoms with Gasteiger partial charge in [-0.15, -0.1) is 0 Å². The third-order valence-corrected chi connectivity index (χ3v) is 2.49. The van der Waals surface area contributed by atoms with Gasteiger partial charge in [0.25, 0.3) is 5.91 Å². The van der Waals surface area contributed by atoms with Crippen LogP contribution in [0.2, 0.25) is 0 Å². The minimum Gasteiger partial charge on any atom is -0.493 e. The van der Waals surface area contributed by atoms with E-state index in [1.54, 1.807) is 30.6 Å². The van der Waals surface area contributed by atoms with Crippen LogP contribution in [0.3, 0.4) is 0 Å². The zero-order valence-corrected chi connectivity index (χ0v) is 11.1. The van der Waals surface area contributed by atoms with Crippen molar-refractivity contribution in [1.29, 1.82) is 0 Å². The van der Waals surface area contributed by atoms with Crippen molar-refractivity contribution >= 4 is 12.1 Å². The number of amides is 1. The standard InChI is InChI=1S/C15H15N3O2/c1-2-20-14-9-4-3-7-12(14)11-17-18-15(19)13-8-5-6-10-16-13/h3-11H,2H2,1H3,(H,18,19)/b17-11-. The Kier molecular flexibility index (Phi) is 4.83. The molecule has 2 rings (SSSR count). The van der Waals surface area contributed by atoms with Crippen LogP contribution in [0.5, 0.6) is 5.75 Å². The van der Waals surface area contributed by atoms with Crippen LogP contribution in [0, 0.1) is 0 Å². The van der Waals surface area contributed by atoms with Gasteiger partial charge in [0, 0.05) is 11.8 Å². The second kappa shape index (κ2) is 7.04. The van der Waals surface area contributed by atoms with Crippen LogP contribution >= 0.6 is 0 Å². The molecule has 0 aliphatic carbocycles. The number of para-hydroxylation sites is 1. The molecular weight excluding hydrogens is 254 g/mol. The van der Waals surface area contributed by atoms with Gasteiger partial charge in [-0.05, 0) is 31.2 Å². The maximum Gasteiger partial charge on any atom is 0.289 e. The Morgan fingerprint density at radius 1 is 1.30 bits per heavy atom. The van der Waals surface area contributed by atoms with Gasteiger partial charge < -0.3 is 4.74 Å². The summed E-state index contributed by atoms with van der Waals surface area (Å²) in [6.07, 6.45) is 3.11. The molecule has 0 bridgehead atoms. The normalized spacial score (nSPS) is 10.4. The van der Waals surface area contributed by atoms with E-state index in [1.807, 2.05) is 31.2 Å². The fourth-order valence-corrected chi connectivity index (χ4v) is 1.59. The van der Waals surface area contributed by atoms with E-state index in [2.05, 4.69) is 15.5 Å². The van der Waals surface area contributed by atoms with Crippen molar-refractivity contribution in [2.24, 2.45) is 5.10 Å². The number of carbonyl (C=O) groups is 1. The molecule has 0 unspecified atom stereocenters. The van der Waals surface area contributed by atoms with E-state index < -0.39 is 0 Å². The van der Waals surface area contributed by atoms with Crippen molar-refractivity contribution in [3.63, 3.8) is 0 Å². The van der Waals surface area contributed by atoms with Crippen LogP contribution in [0.1, 0.15) is 23.0 Å². The molecule has 102 valence electrons. The Labute approximate surface area is 117 Å². The third kappa shape index (κ3) is 3.65. The number of nitrogens with one attached hydrogen (secondary N) is 1. The molecule has 5 nitrogen and oxygen atoms in total. The molecule has 2 aromatic rings. The highest BCUT2D eigenvalue weighted by atomic mass is 16.5. The van der Waals surface area contributed by atoms with Gasteiger partial charge in [0.05, 0.1) is 12.8 Å². The number of nitrogens with zero attached hydrogens (tertiary/aromatic N) is 2. The molecule has 0 fully saturated rings. The lowest BCUT2D eigenvalue weighted by Gasteiger charge is -2.05. The molecule has 1 heterocycles. The van der Waals surface area contributed by atoms with Gasteiger partial charge in [0.1, 0.15) is 11.4 Å². The van der Waals surface area contributed by atoms with Gasteiger partial charge in [0.2, 0.25) is 0 Å². The number of hydrogen-bond donors (Lipinski definition) is 1. The predicted octanol–water partition coefficient (Wildman–Crippen LogP) is 2.24. The highest BCUT2D eigenvalue weighted by molar-refractivity contribution is 5.93. The van der Waals surface area contributed by atoms with Gasteiger partial charge >= 0.3 is 0 Å². The highest BCUT2D eigenvalue weighted by Gasteiger charge is 2.04. The summed E-state index contributed by atoms with van der Waals surface area (Å²) in [5.41, 5.74) is 3.55. The molecule has 1 amide bonds. The maximum absolute atomic E-state index is 11.7. The van der Waals surface area contributed by atoms with E-state index in [0.717, 1.165) is 11.3 Å². The average Bonchev–Trinajstić information content (AvgIpc) is 2.50. The number of ether oxygens (including phenoxy) is 1. The first kappa shape index (κ1) is 13.7. The fourth-order valence-electron chi connectivity index (χ4n) is 1.59. The van der Waals surface area contributed by atoms with Crippen molar-refractivity contribution in [3.8, 4) is 5.75 Å². The number of pyridine rings is 1. The van der Waals surface area contributed by atoms with Crippen LogP contribution in [-0.4, -0.2) is 23.7 Å². The van der Waals surface area contributed by atoms with Crippen molar-refractivity contribution in [3.05, 3.63) is 59.9 Å². The van der Waals surface area contributed by atoms with Crippen LogP contribution in [0.4, 0.5) is 0 Å². The number of aromatic nitrogens is 1. The molecular formula is C15H15N3O2. The lowest BCUT2D eigenvalue weighted by Crippen LogP contribution is -2.18. The first-order valence-electron chi connectivity index (χ1n) is 6.27. The molecule has 20 heavy (non-hydrogen) atoms. The van der Waals surface area contributed by atoms with Crippen molar-refractivity contribution in [2.75, 3.05) is 6.61 Å². The van der Waals surface area contributed by atoms with Crippen LogP contribution in [-0.2, 0) is 0 Å². The molecule has 1 aromatic heterocycles. The summed E-state index contributed by atoms with van der Waals surface area (Å²) in [4.78, 5) is 15.7. The summed E-state index contributed by atoms with van der Waals surface area (Å²) in [5.74, 6) is 0.376. The summed E-state index contributed by atoms with van der Waals surface area (Å²) in [7, 11) is 0. The van der Waals surface area contributed by atoms with Gasteiger partial charge in [-0.1, -0.05) is 18.2 Å². The molecule has 1 N–H and O–H groups in total. The summed E-state index contributed by atoms with van der Waals surface area (Å²) in [5, 5.41) is 3.92. The van der Waals surface area contributed by atoms with Gasteiger partial charge in [-0.2, -0.15) is 5.10 Å². The van der Waals surface area contributed by atoms with Crippen molar-refractivity contribution < 1.29 is 9.53 Å². The van der Waals surface area contributed by atoms with E-state index in [-0.39, 0.29) is 5.91 Å². The average molecular weight is 269 g/mol. The van der Waals surface area contributed by atoms with E-state index >= 15 is 0 Å².